The molecule has 0 unspecified atom stereocenters. The Hall–Kier alpha value is -1.34. The van der Waals surface area contributed by atoms with Gasteiger partial charge in [-0.2, -0.15) is 0 Å². The summed E-state index contributed by atoms with van der Waals surface area (Å²) in [4.78, 5) is 30.2. The summed E-state index contributed by atoms with van der Waals surface area (Å²) in [6.45, 7) is 3.90. The van der Waals surface area contributed by atoms with Gasteiger partial charge >= 0.3 is 0 Å². The Balaban J connectivity index is 2.18. The van der Waals surface area contributed by atoms with Crippen LogP contribution in [-0.2, 0) is 24.2 Å². The van der Waals surface area contributed by atoms with Gasteiger partial charge < -0.3 is 9.90 Å². The number of carboxylic acid groups (broad SMARTS) is 1. The van der Waals surface area contributed by atoms with E-state index in [1.807, 2.05) is 6.92 Å². The second-order valence-electron chi connectivity index (χ2n) is 5.06. The number of aromatic nitrogens is 2. The molecule has 112 valence electrons. The maximum atomic E-state index is 12.7. The summed E-state index contributed by atoms with van der Waals surface area (Å²) >= 11 is 2.64. The van der Waals surface area contributed by atoms with E-state index in [2.05, 4.69) is 4.98 Å². The summed E-state index contributed by atoms with van der Waals surface area (Å²) in [5.74, 6) is -1.15. The zero-order chi connectivity index (χ0) is 15.1. The number of hydrogen-bond donors (Lipinski definition) is 0. The van der Waals surface area contributed by atoms with Gasteiger partial charge in [-0.3, -0.25) is 9.36 Å². The van der Waals surface area contributed by atoms with Gasteiger partial charge in [-0.1, -0.05) is 11.8 Å². The van der Waals surface area contributed by atoms with Crippen molar-refractivity contribution >= 4 is 39.3 Å². The number of thiophene rings is 1. The number of rotatable bonds is 4. The van der Waals surface area contributed by atoms with Gasteiger partial charge in [-0.15, -0.1) is 11.3 Å². The fourth-order valence-corrected chi connectivity index (χ4v) is 4.84. The molecule has 1 aliphatic carbocycles. The number of carboxylic acids is 1. The minimum absolute atomic E-state index is 0.0463. The van der Waals surface area contributed by atoms with Crippen LogP contribution in [0.5, 0.6) is 0 Å². The van der Waals surface area contributed by atoms with Crippen molar-refractivity contribution in [1.82, 2.24) is 9.55 Å². The Kier molecular flexibility index (Phi) is 3.79. The molecule has 1 atom stereocenters. The Morgan fingerprint density at radius 1 is 1.52 bits per heavy atom. The molecular weight excluding hydrogens is 308 g/mol. The highest BCUT2D eigenvalue weighted by Gasteiger charge is 2.23. The highest BCUT2D eigenvalue weighted by Crippen LogP contribution is 2.35. The molecule has 0 bridgehead atoms. The zero-order valence-corrected chi connectivity index (χ0v) is 13.5. The largest absolute Gasteiger partial charge is 0.549 e. The zero-order valence-electron chi connectivity index (χ0n) is 11.8. The van der Waals surface area contributed by atoms with Gasteiger partial charge in [0.05, 0.1) is 11.4 Å². The van der Waals surface area contributed by atoms with Crippen LogP contribution in [0.2, 0.25) is 0 Å². The van der Waals surface area contributed by atoms with E-state index in [1.54, 1.807) is 22.8 Å². The van der Waals surface area contributed by atoms with Crippen molar-refractivity contribution < 1.29 is 9.90 Å². The van der Waals surface area contributed by atoms with Crippen LogP contribution < -0.4 is 10.7 Å². The minimum atomic E-state index is -1.15. The monoisotopic (exact) mass is 323 g/mol. The van der Waals surface area contributed by atoms with Crippen molar-refractivity contribution in [2.24, 2.45) is 0 Å². The molecule has 0 spiro atoms. The molecule has 0 aromatic carbocycles. The summed E-state index contributed by atoms with van der Waals surface area (Å²) in [5.41, 5.74) is 1.11. The number of thioether (sulfide) groups is 1. The number of carbonyl (C=O) groups is 1. The first-order chi connectivity index (χ1) is 10.0. The Morgan fingerprint density at radius 3 is 2.95 bits per heavy atom. The van der Waals surface area contributed by atoms with Crippen LogP contribution >= 0.6 is 23.1 Å². The second kappa shape index (κ2) is 5.46. The lowest BCUT2D eigenvalue weighted by molar-refractivity contribution is -0.304. The summed E-state index contributed by atoms with van der Waals surface area (Å²) in [5, 5.41) is 11.4. The molecule has 21 heavy (non-hydrogen) atoms. The van der Waals surface area contributed by atoms with E-state index < -0.39 is 11.2 Å². The first-order valence-electron chi connectivity index (χ1n) is 6.95. The summed E-state index contributed by atoms with van der Waals surface area (Å²) in [7, 11) is 0. The van der Waals surface area contributed by atoms with E-state index in [0.29, 0.717) is 11.7 Å². The Morgan fingerprint density at radius 2 is 2.29 bits per heavy atom. The molecule has 0 saturated carbocycles. The van der Waals surface area contributed by atoms with Crippen molar-refractivity contribution in [2.75, 3.05) is 0 Å². The first kappa shape index (κ1) is 14.6. The lowest BCUT2D eigenvalue weighted by Crippen LogP contribution is -2.32. The lowest BCUT2D eigenvalue weighted by atomic mass is 10.2. The van der Waals surface area contributed by atoms with E-state index in [-0.39, 0.29) is 5.56 Å². The number of fused-ring (bicyclic) bond motifs is 3. The predicted octanol–water partition coefficient (Wildman–Crippen LogP) is 1.20. The number of hydrogen-bond acceptors (Lipinski definition) is 6. The quantitative estimate of drug-likeness (QED) is 0.624. The number of nitrogens with zero attached hydrogens (tertiary/aromatic N) is 2. The maximum Gasteiger partial charge on any atom is 0.263 e. The molecule has 0 fully saturated rings. The average Bonchev–Trinajstić information content (AvgIpc) is 2.98. The minimum Gasteiger partial charge on any atom is -0.549 e. The van der Waals surface area contributed by atoms with Crippen LogP contribution in [0, 0.1) is 0 Å². The predicted molar refractivity (Wildman–Crippen MR) is 81.9 cm³/mol. The molecule has 0 saturated heterocycles. The Bertz CT molecular complexity index is 779. The fraction of sp³-hybridized carbons (Fsp3) is 0.500. The third kappa shape index (κ3) is 2.38. The van der Waals surface area contributed by atoms with E-state index >= 15 is 0 Å². The molecule has 3 rings (SSSR count). The smallest absolute Gasteiger partial charge is 0.263 e. The summed E-state index contributed by atoms with van der Waals surface area (Å²) in [6, 6.07) is 0. The molecule has 0 aliphatic heterocycles. The van der Waals surface area contributed by atoms with E-state index in [9.17, 15) is 14.7 Å². The SMILES string of the molecule is CCn1c(S[C@H](C)C(=O)[O-])nc2sc3c(c2c1=O)CCC3. The van der Waals surface area contributed by atoms with Crippen molar-refractivity contribution in [3.05, 3.63) is 20.8 Å². The lowest BCUT2D eigenvalue weighted by Gasteiger charge is -2.15. The van der Waals surface area contributed by atoms with Crippen LogP contribution in [0.3, 0.4) is 0 Å². The molecule has 1 aliphatic rings. The van der Waals surface area contributed by atoms with Crippen LogP contribution in [0.15, 0.2) is 9.95 Å². The van der Waals surface area contributed by atoms with Gasteiger partial charge in [0.15, 0.2) is 5.16 Å². The van der Waals surface area contributed by atoms with Gasteiger partial charge in [-0.25, -0.2) is 4.98 Å². The van der Waals surface area contributed by atoms with Gasteiger partial charge in [0.2, 0.25) is 0 Å². The van der Waals surface area contributed by atoms with Crippen LogP contribution in [-0.4, -0.2) is 20.8 Å². The molecular formula is C14H15N2O3S2-. The van der Waals surface area contributed by atoms with Crippen molar-refractivity contribution in [2.45, 2.75) is 50.1 Å². The first-order valence-corrected chi connectivity index (χ1v) is 8.65. The van der Waals surface area contributed by atoms with Crippen molar-refractivity contribution in [3.63, 3.8) is 0 Å². The average molecular weight is 323 g/mol. The normalized spacial score (nSPS) is 15.3. The molecule has 2 aromatic heterocycles. The molecule has 5 nitrogen and oxygen atoms in total. The summed E-state index contributed by atoms with van der Waals surface area (Å²) in [6.07, 6.45) is 3.05. The molecule has 0 amide bonds. The van der Waals surface area contributed by atoms with E-state index in [1.165, 1.54) is 4.88 Å². The maximum absolute atomic E-state index is 12.7. The van der Waals surface area contributed by atoms with Gasteiger partial charge in [0, 0.05) is 16.7 Å². The summed E-state index contributed by atoms with van der Waals surface area (Å²) < 4.78 is 1.57. The highest BCUT2D eigenvalue weighted by atomic mass is 32.2. The van der Waals surface area contributed by atoms with E-state index in [4.69, 9.17) is 0 Å². The third-order valence-electron chi connectivity index (χ3n) is 3.72. The number of aliphatic carboxylic acids is 1. The molecule has 2 heterocycles. The molecule has 7 heteroatoms. The Labute approximate surface area is 130 Å². The van der Waals surface area contributed by atoms with Gasteiger partial charge in [-0.05, 0) is 38.7 Å². The van der Waals surface area contributed by atoms with Crippen LogP contribution in [0.1, 0.15) is 30.7 Å². The standard InChI is InChI=1S/C14H16N2O3S2/c1-3-16-12(17)10-8-5-4-6-9(8)21-11(10)15-14(16)20-7(2)13(18)19/h7H,3-6H2,1-2H3,(H,18,19)/p-1/t7-/m1/s1. The topological polar surface area (TPSA) is 75.0 Å². The molecule has 2 aromatic rings. The van der Waals surface area contributed by atoms with Crippen LogP contribution in [0.4, 0.5) is 0 Å². The second-order valence-corrected chi connectivity index (χ2v) is 7.45. The van der Waals surface area contributed by atoms with Gasteiger partial charge in [0.25, 0.3) is 5.56 Å². The van der Waals surface area contributed by atoms with Crippen LogP contribution in [0.25, 0.3) is 10.2 Å². The third-order valence-corrected chi connectivity index (χ3v) is 5.97. The van der Waals surface area contributed by atoms with Gasteiger partial charge in [0.1, 0.15) is 4.83 Å². The van der Waals surface area contributed by atoms with Crippen molar-refractivity contribution in [3.8, 4) is 0 Å². The number of carbonyl (C=O) groups excluding carboxylic acids is 1. The highest BCUT2D eigenvalue weighted by molar-refractivity contribution is 8.00. The van der Waals surface area contributed by atoms with Crippen molar-refractivity contribution in [1.29, 1.82) is 0 Å². The fourth-order valence-electron chi connectivity index (χ4n) is 2.63. The molecule has 0 N–H and O–H groups in total. The van der Waals surface area contributed by atoms with E-state index in [0.717, 1.165) is 46.8 Å². The molecule has 0 radical (unpaired) electrons. The number of aryl methyl sites for hydroxylation is 2.